The zero-order valence-corrected chi connectivity index (χ0v) is 26.1. The number of aromatic nitrogens is 4. The maximum Gasteiger partial charge on any atom is 0.224 e. The number of hydrogen-bond acceptors (Lipinski definition) is 8. The fourth-order valence-electron chi connectivity index (χ4n) is 6.60. The third-order valence-electron chi connectivity index (χ3n) is 9.48. The van der Waals surface area contributed by atoms with Gasteiger partial charge in [-0.15, -0.1) is 0 Å². The van der Waals surface area contributed by atoms with Crippen molar-refractivity contribution in [3.8, 4) is 17.0 Å². The van der Waals surface area contributed by atoms with E-state index in [2.05, 4.69) is 44.5 Å². The number of ketones is 1. The van der Waals surface area contributed by atoms with Crippen LogP contribution in [0.25, 0.3) is 22.2 Å². The van der Waals surface area contributed by atoms with Crippen LogP contribution in [0.2, 0.25) is 0 Å². The van der Waals surface area contributed by atoms with E-state index in [0.717, 1.165) is 91.7 Å². The summed E-state index contributed by atoms with van der Waals surface area (Å²) in [6.45, 7) is 5.84. The Morgan fingerprint density at radius 2 is 1.98 bits per heavy atom. The van der Waals surface area contributed by atoms with Crippen LogP contribution in [0.5, 0.6) is 5.75 Å². The number of amides is 1. The van der Waals surface area contributed by atoms with Gasteiger partial charge in [0.15, 0.2) is 5.78 Å². The normalized spacial score (nSPS) is 18.4. The number of nitrogens with one attached hydrogen (secondary N) is 2. The molecule has 0 radical (unpaired) electrons. The molecular formula is C34H42N6O4. The second kappa shape index (κ2) is 12.5. The van der Waals surface area contributed by atoms with E-state index in [1.807, 2.05) is 25.3 Å². The monoisotopic (exact) mass is 598 g/mol. The van der Waals surface area contributed by atoms with E-state index in [1.165, 1.54) is 0 Å². The summed E-state index contributed by atoms with van der Waals surface area (Å²) >= 11 is 0. The second-order valence-electron chi connectivity index (χ2n) is 12.7. The molecule has 2 N–H and O–H groups in total. The lowest BCUT2D eigenvalue weighted by Crippen LogP contribution is -2.36. The molecule has 1 unspecified atom stereocenters. The van der Waals surface area contributed by atoms with Crippen LogP contribution >= 0.6 is 0 Å². The highest BCUT2D eigenvalue weighted by Crippen LogP contribution is 2.59. The molecule has 10 nitrogen and oxygen atoms in total. The third-order valence-corrected chi connectivity index (χ3v) is 9.48. The molecule has 1 aliphatic heterocycles. The fourth-order valence-corrected chi connectivity index (χ4v) is 6.60. The lowest BCUT2D eigenvalue weighted by atomic mass is 9.91. The minimum atomic E-state index is -0.259. The predicted molar refractivity (Wildman–Crippen MR) is 167 cm³/mol. The number of methoxy groups -OCH3 is 1. The van der Waals surface area contributed by atoms with Gasteiger partial charge in [0.25, 0.3) is 0 Å². The van der Waals surface area contributed by atoms with Crippen molar-refractivity contribution < 1.29 is 18.8 Å². The summed E-state index contributed by atoms with van der Waals surface area (Å²) in [4.78, 5) is 41.3. The predicted octanol–water partition coefficient (Wildman–Crippen LogP) is 5.96. The molecule has 1 saturated carbocycles. The topological polar surface area (TPSA) is 126 Å². The smallest absolute Gasteiger partial charge is 0.224 e. The first-order valence-electron chi connectivity index (χ1n) is 15.7. The van der Waals surface area contributed by atoms with Gasteiger partial charge < -0.3 is 24.5 Å². The van der Waals surface area contributed by atoms with Crippen molar-refractivity contribution in [2.75, 3.05) is 27.2 Å². The summed E-state index contributed by atoms with van der Waals surface area (Å²) in [5, 5.41) is 8.21. The molecular weight excluding hydrogens is 556 g/mol. The molecule has 3 aromatic heterocycles. The highest BCUT2D eigenvalue weighted by molar-refractivity contribution is 5.94. The quantitative estimate of drug-likeness (QED) is 0.151. The van der Waals surface area contributed by atoms with Crippen molar-refractivity contribution in [3.05, 3.63) is 59.5 Å². The zero-order chi connectivity index (χ0) is 30.8. The first kappa shape index (κ1) is 30.0. The summed E-state index contributed by atoms with van der Waals surface area (Å²) in [6.07, 6.45) is 8.51. The van der Waals surface area contributed by atoms with Crippen LogP contribution in [-0.2, 0) is 4.79 Å². The maximum absolute atomic E-state index is 13.6. The van der Waals surface area contributed by atoms with Crippen LogP contribution in [0.15, 0.2) is 41.1 Å². The van der Waals surface area contributed by atoms with Crippen molar-refractivity contribution in [2.45, 2.75) is 71.3 Å². The van der Waals surface area contributed by atoms with Crippen molar-refractivity contribution in [2.24, 2.45) is 11.3 Å². The molecule has 2 atom stereocenters. The molecule has 0 bridgehead atoms. The van der Waals surface area contributed by atoms with Gasteiger partial charge in [0, 0.05) is 41.1 Å². The number of benzene rings is 1. The number of Topliss-reactive ketones (excluding diaryl/α,β-unsaturated/α-hetero) is 1. The SMILES string of the molecule is COc1cc2nc(C)ccc2cc1-c1cnc([C@H](CCCCCC(=O)c2cc(C)on2)NC(=O)C2CC23CCN(C)CC3)[nH]1. The number of carbonyl (C=O) groups is 2. The van der Waals surface area contributed by atoms with Crippen molar-refractivity contribution in [1.29, 1.82) is 0 Å². The number of aryl methyl sites for hydroxylation is 2. The Labute approximate surface area is 258 Å². The molecule has 1 aromatic carbocycles. The number of ether oxygens (including phenoxy) is 1. The van der Waals surface area contributed by atoms with E-state index in [4.69, 9.17) is 14.2 Å². The molecule has 6 rings (SSSR count). The number of nitrogens with zero attached hydrogens (tertiary/aromatic N) is 4. The molecule has 1 amide bonds. The summed E-state index contributed by atoms with van der Waals surface area (Å²) in [7, 11) is 3.81. The molecule has 2 aliphatic rings. The number of pyridine rings is 1. The van der Waals surface area contributed by atoms with Crippen LogP contribution in [-0.4, -0.2) is 63.9 Å². The van der Waals surface area contributed by atoms with E-state index in [0.29, 0.717) is 23.6 Å². The van der Waals surface area contributed by atoms with Crippen molar-refractivity contribution >= 4 is 22.6 Å². The molecule has 4 aromatic rings. The van der Waals surface area contributed by atoms with Crippen LogP contribution in [0, 0.1) is 25.2 Å². The van der Waals surface area contributed by atoms with Gasteiger partial charge in [0.2, 0.25) is 5.91 Å². The largest absolute Gasteiger partial charge is 0.496 e. The molecule has 4 heterocycles. The number of fused-ring (bicyclic) bond motifs is 1. The molecule has 1 spiro atoms. The Morgan fingerprint density at radius 1 is 1.16 bits per heavy atom. The number of piperidine rings is 1. The number of imidazole rings is 1. The summed E-state index contributed by atoms with van der Waals surface area (Å²) in [6, 6.07) is 9.49. The van der Waals surface area contributed by atoms with E-state index in [-0.39, 0.29) is 29.1 Å². The average Bonchev–Trinajstić information content (AvgIpc) is 3.30. The first-order valence-corrected chi connectivity index (χ1v) is 15.7. The molecule has 10 heteroatoms. The van der Waals surface area contributed by atoms with Gasteiger partial charge in [-0.25, -0.2) is 4.98 Å². The van der Waals surface area contributed by atoms with Crippen LogP contribution < -0.4 is 10.1 Å². The fraction of sp³-hybridized carbons (Fsp3) is 0.500. The molecule has 1 aliphatic carbocycles. The number of unbranched alkanes of at least 4 members (excludes halogenated alkanes) is 2. The van der Waals surface area contributed by atoms with Crippen LogP contribution in [0.3, 0.4) is 0 Å². The Balaban J connectivity index is 1.16. The summed E-state index contributed by atoms with van der Waals surface area (Å²) < 4.78 is 10.8. The number of likely N-dealkylation sites (tertiary alicyclic amines) is 1. The number of hydrogen-bond donors (Lipinski definition) is 2. The standard InChI is InChI=1S/C34H42N6O4/c1-21-10-11-23-17-24(31(43-4)18-27(23)36-21)29-20-35-32(37-29)26(8-6-5-7-9-30(41)28-16-22(2)44-39-28)38-33(42)25-19-34(25)12-14-40(3)15-13-34/h10-11,16-18,20,25-26H,5-9,12-15,19H2,1-4H3,(H,35,37)(H,38,42)/t25?,26-/m0/s1. The lowest BCUT2D eigenvalue weighted by molar-refractivity contribution is -0.124. The molecule has 232 valence electrons. The Hall–Kier alpha value is -4.05. The maximum atomic E-state index is 13.6. The van der Waals surface area contributed by atoms with Crippen molar-refractivity contribution in [3.63, 3.8) is 0 Å². The second-order valence-corrected chi connectivity index (χ2v) is 12.7. The van der Waals surface area contributed by atoms with E-state index in [9.17, 15) is 9.59 Å². The number of rotatable bonds is 12. The Kier molecular flexibility index (Phi) is 8.53. The van der Waals surface area contributed by atoms with Gasteiger partial charge in [-0.1, -0.05) is 24.1 Å². The van der Waals surface area contributed by atoms with E-state index in [1.54, 1.807) is 20.1 Å². The summed E-state index contributed by atoms with van der Waals surface area (Å²) in [5.74, 6) is 2.25. The van der Waals surface area contributed by atoms with Crippen LogP contribution in [0.4, 0.5) is 0 Å². The van der Waals surface area contributed by atoms with Gasteiger partial charge in [-0.2, -0.15) is 0 Å². The third kappa shape index (κ3) is 6.40. The number of aromatic amines is 1. The van der Waals surface area contributed by atoms with Crippen molar-refractivity contribution in [1.82, 2.24) is 30.3 Å². The molecule has 1 saturated heterocycles. The Morgan fingerprint density at radius 3 is 2.73 bits per heavy atom. The molecule has 2 fully saturated rings. The van der Waals surface area contributed by atoms with Gasteiger partial charge >= 0.3 is 0 Å². The van der Waals surface area contributed by atoms with Gasteiger partial charge in [-0.3, -0.25) is 14.6 Å². The minimum Gasteiger partial charge on any atom is -0.496 e. The first-order chi connectivity index (χ1) is 21.2. The van der Waals surface area contributed by atoms with Gasteiger partial charge in [0.05, 0.1) is 30.6 Å². The van der Waals surface area contributed by atoms with Gasteiger partial charge in [0.1, 0.15) is 23.0 Å². The Bertz CT molecular complexity index is 1650. The lowest BCUT2D eigenvalue weighted by Gasteiger charge is -2.30. The summed E-state index contributed by atoms with van der Waals surface area (Å²) in [5.41, 5.74) is 4.08. The highest BCUT2D eigenvalue weighted by atomic mass is 16.5. The highest BCUT2D eigenvalue weighted by Gasteiger charge is 2.58. The molecule has 44 heavy (non-hydrogen) atoms. The van der Waals surface area contributed by atoms with Gasteiger partial charge in [-0.05, 0) is 83.6 Å². The number of carbonyl (C=O) groups excluding carboxylic acids is 2. The van der Waals surface area contributed by atoms with E-state index < -0.39 is 0 Å². The minimum absolute atomic E-state index is 0.00534. The zero-order valence-electron chi connectivity index (χ0n) is 26.1. The van der Waals surface area contributed by atoms with E-state index >= 15 is 0 Å². The average molecular weight is 599 g/mol. The number of H-pyrrole nitrogens is 1. The van der Waals surface area contributed by atoms with Crippen LogP contribution in [0.1, 0.15) is 85.2 Å².